The van der Waals surface area contributed by atoms with E-state index in [1.165, 1.54) is 0 Å². The van der Waals surface area contributed by atoms with E-state index in [-0.39, 0.29) is 0 Å². The van der Waals surface area contributed by atoms with Crippen molar-refractivity contribution < 1.29 is 0 Å². The van der Waals surface area contributed by atoms with E-state index in [9.17, 15) is 0 Å². The first kappa shape index (κ1) is 6.99. The first-order valence-electron chi connectivity index (χ1n) is 2.50. The van der Waals surface area contributed by atoms with Crippen molar-refractivity contribution in [2.24, 2.45) is 0 Å². The normalized spacial score (nSPS) is 47.6. The van der Waals surface area contributed by atoms with E-state index in [2.05, 4.69) is 49.4 Å². The lowest BCUT2D eigenvalue weighted by molar-refractivity contribution is 0.599. The average molecular weight is 244 g/mol. The van der Waals surface area contributed by atoms with Crippen LogP contribution in [0.25, 0.3) is 0 Å². The first-order chi connectivity index (χ1) is 3.70. The number of rotatable bonds is 0. The molecule has 8 heavy (non-hydrogen) atoms. The van der Waals surface area contributed by atoms with Crippen LogP contribution in [0, 0.1) is 0 Å². The molecular formula is C4H8Br2N2. The first-order valence-corrected chi connectivity index (χ1v) is 4.33. The third-order valence-corrected chi connectivity index (χ3v) is 3.37. The van der Waals surface area contributed by atoms with Gasteiger partial charge in [-0.05, 0) is 6.92 Å². The molecule has 0 spiro atoms. The van der Waals surface area contributed by atoms with Crippen LogP contribution in [0.15, 0.2) is 0 Å². The maximum absolute atomic E-state index is 3.42. The second-order valence-corrected chi connectivity index (χ2v) is 3.83. The molecule has 1 saturated heterocycles. The third kappa shape index (κ3) is 1.43. The summed E-state index contributed by atoms with van der Waals surface area (Å²) in [6.07, 6.45) is 0.406. The van der Waals surface area contributed by atoms with Gasteiger partial charge in [0.25, 0.3) is 0 Å². The van der Waals surface area contributed by atoms with Gasteiger partial charge in [0, 0.05) is 0 Å². The van der Waals surface area contributed by atoms with Crippen molar-refractivity contribution in [3.63, 3.8) is 0 Å². The van der Waals surface area contributed by atoms with Crippen LogP contribution in [-0.4, -0.2) is 16.1 Å². The van der Waals surface area contributed by atoms with Gasteiger partial charge in [-0.3, -0.25) is 10.6 Å². The molecule has 48 valence electrons. The topological polar surface area (TPSA) is 24.1 Å². The average Bonchev–Trinajstić information content (AvgIpc) is 1.85. The Hall–Kier alpha value is 0.880. The number of hydrogen-bond donors (Lipinski definition) is 2. The van der Waals surface area contributed by atoms with Gasteiger partial charge in [0.1, 0.15) is 0 Å². The Morgan fingerprint density at radius 2 is 1.50 bits per heavy atom. The van der Waals surface area contributed by atoms with Crippen LogP contribution < -0.4 is 10.6 Å². The van der Waals surface area contributed by atoms with E-state index in [1.807, 2.05) is 0 Å². The van der Waals surface area contributed by atoms with E-state index in [1.54, 1.807) is 0 Å². The Morgan fingerprint density at radius 3 is 1.62 bits per heavy atom. The van der Waals surface area contributed by atoms with Crippen molar-refractivity contribution in [3.8, 4) is 0 Å². The highest BCUT2D eigenvalue weighted by molar-refractivity contribution is 9.12. The molecule has 1 heterocycles. The van der Waals surface area contributed by atoms with E-state index < -0.39 is 0 Å². The Kier molecular flexibility index (Phi) is 2.31. The molecule has 0 aromatic heterocycles. The van der Waals surface area contributed by atoms with Gasteiger partial charge in [-0.25, -0.2) is 0 Å². The van der Waals surface area contributed by atoms with Gasteiger partial charge in [0.2, 0.25) is 0 Å². The maximum atomic E-state index is 3.42. The monoisotopic (exact) mass is 242 g/mol. The zero-order valence-electron chi connectivity index (χ0n) is 4.49. The fourth-order valence-electron chi connectivity index (χ4n) is 0.695. The van der Waals surface area contributed by atoms with E-state index in [0.29, 0.717) is 16.1 Å². The molecule has 0 saturated carbocycles. The molecule has 0 bridgehead atoms. The molecule has 0 amide bonds. The zero-order valence-corrected chi connectivity index (χ0v) is 7.66. The van der Waals surface area contributed by atoms with Crippen LogP contribution >= 0.6 is 31.9 Å². The third-order valence-electron chi connectivity index (χ3n) is 1.08. The molecule has 4 heteroatoms. The van der Waals surface area contributed by atoms with Crippen LogP contribution in [0.1, 0.15) is 6.92 Å². The van der Waals surface area contributed by atoms with Crippen molar-refractivity contribution in [2.75, 3.05) is 0 Å². The summed E-state index contributed by atoms with van der Waals surface area (Å²) >= 11 is 6.85. The Bertz CT molecular complexity index is 78.1. The van der Waals surface area contributed by atoms with Crippen molar-refractivity contribution in [1.29, 1.82) is 0 Å². The van der Waals surface area contributed by atoms with Crippen molar-refractivity contribution in [3.05, 3.63) is 0 Å². The minimum Gasteiger partial charge on any atom is -0.288 e. The Labute approximate surface area is 65.7 Å². The van der Waals surface area contributed by atoms with E-state index >= 15 is 0 Å². The predicted molar refractivity (Wildman–Crippen MR) is 41.2 cm³/mol. The van der Waals surface area contributed by atoms with Gasteiger partial charge < -0.3 is 0 Å². The summed E-state index contributed by atoms with van der Waals surface area (Å²) in [5.74, 6) is 0. The molecule has 2 nitrogen and oxygen atoms in total. The Balaban J connectivity index is 2.39. The van der Waals surface area contributed by atoms with Crippen LogP contribution in [0.2, 0.25) is 0 Å². The molecule has 0 aromatic rings. The number of hydrogen-bond acceptors (Lipinski definition) is 2. The highest BCUT2D eigenvalue weighted by Gasteiger charge is 2.25. The molecule has 0 aliphatic carbocycles. The number of alkyl halides is 2. The molecular weight excluding hydrogens is 236 g/mol. The molecule has 1 rings (SSSR count). The van der Waals surface area contributed by atoms with Gasteiger partial charge in [-0.2, -0.15) is 0 Å². The number of halogens is 2. The maximum Gasteiger partial charge on any atom is 0.0899 e. The summed E-state index contributed by atoms with van der Waals surface area (Å²) < 4.78 is 0. The van der Waals surface area contributed by atoms with Gasteiger partial charge in [0.05, 0.1) is 16.1 Å². The summed E-state index contributed by atoms with van der Waals surface area (Å²) in [4.78, 5) is 0.718. The van der Waals surface area contributed by atoms with Crippen LogP contribution in [-0.2, 0) is 0 Å². The summed E-state index contributed by atoms with van der Waals surface area (Å²) in [6, 6.07) is 0. The summed E-state index contributed by atoms with van der Waals surface area (Å²) in [7, 11) is 0. The predicted octanol–water partition coefficient (Wildman–Crippen LogP) is 0.967. The summed E-state index contributed by atoms with van der Waals surface area (Å²) in [6.45, 7) is 2.08. The molecule has 1 fully saturated rings. The quantitative estimate of drug-likeness (QED) is 0.490. The summed E-state index contributed by atoms with van der Waals surface area (Å²) in [5.41, 5.74) is 0. The van der Waals surface area contributed by atoms with Gasteiger partial charge in [-0.15, -0.1) is 0 Å². The second kappa shape index (κ2) is 2.64. The van der Waals surface area contributed by atoms with Gasteiger partial charge >= 0.3 is 0 Å². The largest absolute Gasteiger partial charge is 0.288 e. The second-order valence-electron chi connectivity index (χ2n) is 1.86. The van der Waals surface area contributed by atoms with Crippen LogP contribution in [0.3, 0.4) is 0 Å². The Morgan fingerprint density at radius 1 is 1.12 bits per heavy atom. The molecule has 1 aliphatic rings. The zero-order chi connectivity index (χ0) is 6.15. The minimum atomic E-state index is 0.359. The molecule has 2 unspecified atom stereocenters. The van der Waals surface area contributed by atoms with Crippen LogP contribution in [0.5, 0.6) is 0 Å². The van der Waals surface area contributed by atoms with Crippen LogP contribution in [0.4, 0.5) is 0 Å². The lowest BCUT2D eigenvalue weighted by Gasteiger charge is -2.01. The van der Waals surface area contributed by atoms with E-state index in [4.69, 9.17) is 0 Å². The lowest BCUT2D eigenvalue weighted by Crippen LogP contribution is -2.28. The molecule has 0 radical (unpaired) electrons. The highest BCUT2D eigenvalue weighted by Crippen LogP contribution is 2.14. The van der Waals surface area contributed by atoms with Crippen molar-refractivity contribution in [1.82, 2.24) is 10.6 Å². The summed E-state index contributed by atoms with van der Waals surface area (Å²) in [5, 5.41) is 6.45. The fourth-order valence-corrected chi connectivity index (χ4v) is 1.79. The fraction of sp³-hybridized carbons (Fsp3) is 1.00. The molecule has 2 N–H and O–H groups in total. The molecule has 0 aromatic carbocycles. The lowest BCUT2D eigenvalue weighted by atomic mass is 10.6. The number of nitrogens with one attached hydrogen (secondary N) is 2. The SMILES string of the molecule is CC1NC(Br)C(Br)N1. The molecule has 1 aliphatic heterocycles. The van der Waals surface area contributed by atoms with E-state index in [0.717, 1.165) is 0 Å². The van der Waals surface area contributed by atoms with Crippen molar-refractivity contribution in [2.45, 2.75) is 23.0 Å². The molecule has 2 atom stereocenters. The highest BCUT2D eigenvalue weighted by atomic mass is 79.9. The standard InChI is InChI=1S/C4H8Br2N2/c1-2-7-3(5)4(6)8-2/h2-4,7-8H,1H3. The van der Waals surface area contributed by atoms with Gasteiger partial charge in [0.15, 0.2) is 0 Å². The van der Waals surface area contributed by atoms with Crippen molar-refractivity contribution >= 4 is 31.9 Å². The minimum absolute atomic E-state index is 0.359. The van der Waals surface area contributed by atoms with Gasteiger partial charge in [-0.1, -0.05) is 31.9 Å². The smallest absolute Gasteiger partial charge is 0.0899 e.